The van der Waals surface area contributed by atoms with E-state index in [2.05, 4.69) is 4.74 Å². The summed E-state index contributed by atoms with van der Waals surface area (Å²) in [7, 11) is 1.39. The van der Waals surface area contributed by atoms with Gasteiger partial charge >= 0.3 is 17.4 Å². The molecule has 0 rings (SSSR count). The van der Waals surface area contributed by atoms with Crippen LogP contribution in [0.5, 0.6) is 0 Å². The number of ether oxygens (including phenoxy) is 1. The largest absolute Gasteiger partial charge is 3.00 e. The zero-order valence-corrected chi connectivity index (χ0v) is 11.1. The van der Waals surface area contributed by atoms with Gasteiger partial charge in [0.25, 0.3) is 0 Å². The summed E-state index contributed by atoms with van der Waals surface area (Å²) < 4.78 is 4.19. The minimum absolute atomic E-state index is 0. The Morgan fingerprint density at radius 3 is 0.857 bits per heavy atom. The van der Waals surface area contributed by atoms with E-state index in [4.69, 9.17) is 0 Å². The molecule has 0 aliphatic rings. The van der Waals surface area contributed by atoms with Gasteiger partial charge in [0, 0.05) is 7.11 Å². The summed E-state index contributed by atoms with van der Waals surface area (Å²) >= 11 is 0. The van der Waals surface area contributed by atoms with Crippen LogP contribution in [0.25, 0.3) is 0 Å². The second-order valence-corrected chi connectivity index (χ2v) is 2.90. The second-order valence-electron chi connectivity index (χ2n) is 2.90. The first kappa shape index (κ1) is 23.9. The van der Waals surface area contributed by atoms with E-state index in [1.165, 1.54) is 14.0 Å². The Bertz CT molecular complexity index is 65.7. The van der Waals surface area contributed by atoms with Crippen LogP contribution in [0.4, 0.5) is 0 Å². The molecule has 0 radical (unpaired) electrons. The summed E-state index contributed by atoms with van der Waals surface area (Å²) in [6.45, 7) is 7.89. The standard InChI is InChI=1S/C3H7O2.2C3H7O.Al/c1-3(4)5-2;2*1-3(2)4;/h3H,1-2H3;2*3H,1-2H3;/q3*-1;+3. The first-order valence-corrected chi connectivity index (χ1v) is 4.24. The molecule has 0 saturated heterocycles. The third-order valence-corrected chi connectivity index (χ3v) is 0.332. The predicted octanol–water partition coefficient (Wildman–Crippen LogP) is -1.53. The maximum absolute atomic E-state index is 9.67. The van der Waals surface area contributed by atoms with Crippen molar-refractivity contribution < 1.29 is 20.1 Å². The average Bonchev–Trinajstić information content (AvgIpc) is 1.84. The maximum atomic E-state index is 9.67. The fraction of sp³-hybridized carbons (Fsp3) is 1.00. The van der Waals surface area contributed by atoms with Crippen molar-refractivity contribution in [1.29, 1.82) is 0 Å². The molecule has 0 N–H and O–H groups in total. The smallest absolute Gasteiger partial charge is 0.852 e. The molecule has 0 aromatic heterocycles. The molecule has 0 aromatic rings. The molecule has 0 aliphatic heterocycles. The van der Waals surface area contributed by atoms with Crippen LogP contribution in [0.15, 0.2) is 0 Å². The van der Waals surface area contributed by atoms with Gasteiger partial charge in [-0.05, 0) is 6.29 Å². The molecule has 4 nitrogen and oxygen atoms in total. The van der Waals surface area contributed by atoms with E-state index in [0.29, 0.717) is 0 Å². The Labute approximate surface area is 98.0 Å². The second kappa shape index (κ2) is 19.0. The number of hydrogen-bond acceptors (Lipinski definition) is 4. The van der Waals surface area contributed by atoms with Crippen molar-refractivity contribution in [2.45, 2.75) is 53.1 Å². The van der Waals surface area contributed by atoms with Crippen LogP contribution in [-0.2, 0) is 4.74 Å². The van der Waals surface area contributed by atoms with E-state index in [0.717, 1.165) is 0 Å². The van der Waals surface area contributed by atoms with Crippen LogP contribution in [0.2, 0.25) is 0 Å². The topological polar surface area (TPSA) is 78.4 Å². The summed E-state index contributed by atoms with van der Waals surface area (Å²) in [5.74, 6) is 0. The third kappa shape index (κ3) is 284. The average molecular weight is 220 g/mol. The monoisotopic (exact) mass is 220 g/mol. The maximum Gasteiger partial charge on any atom is 3.00 e. The minimum Gasteiger partial charge on any atom is -0.852 e. The van der Waals surface area contributed by atoms with Crippen molar-refractivity contribution in [3.05, 3.63) is 0 Å². The number of hydrogen-bond donors (Lipinski definition) is 0. The normalized spacial score (nSPS) is 10.5. The van der Waals surface area contributed by atoms with Gasteiger partial charge in [-0.15, -0.1) is 12.2 Å². The molecule has 14 heavy (non-hydrogen) atoms. The molecule has 0 aromatic carbocycles. The van der Waals surface area contributed by atoms with Crippen LogP contribution in [-0.4, -0.2) is 43.0 Å². The van der Waals surface area contributed by atoms with Crippen LogP contribution in [0.1, 0.15) is 34.6 Å². The van der Waals surface area contributed by atoms with E-state index in [9.17, 15) is 15.3 Å². The van der Waals surface area contributed by atoms with Gasteiger partial charge in [-0.1, -0.05) is 34.6 Å². The Morgan fingerprint density at radius 1 is 0.786 bits per heavy atom. The molecular weight excluding hydrogens is 199 g/mol. The zero-order chi connectivity index (χ0) is 11.4. The van der Waals surface area contributed by atoms with E-state index in [1.54, 1.807) is 27.7 Å². The summed E-state index contributed by atoms with van der Waals surface area (Å²) in [5, 5.41) is 28.7. The van der Waals surface area contributed by atoms with E-state index in [1.807, 2.05) is 0 Å². The van der Waals surface area contributed by atoms with Gasteiger partial charge in [0.2, 0.25) is 0 Å². The van der Waals surface area contributed by atoms with Gasteiger partial charge in [0.1, 0.15) is 0 Å². The summed E-state index contributed by atoms with van der Waals surface area (Å²) in [6.07, 6.45) is -1.70. The van der Waals surface area contributed by atoms with Gasteiger partial charge < -0.3 is 20.1 Å². The van der Waals surface area contributed by atoms with Crippen LogP contribution in [0, 0.1) is 0 Å². The molecule has 0 fully saturated rings. The van der Waals surface area contributed by atoms with Crippen molar-refractivity contribution in [1.82, 2.24) is 0 Å². The third-order valence-electron chi connectivity index (χ3n) is 0.332. The van der Waals surface area contributed by atoms with Gasteiger partial charge in [-0.3, -0.25) is 0 Å². The van der Waals surface area contributed by atoms with Gasteiger partial charge in [-0.25, -0.2) is 0 Å². The van der Waals surface area contributed by atoms with E-state index in [-0.39, 0.29) is 17.4 Å². The Hall–Kier alpha value is 0.372. The molecule has 0 amide bonds. The minimum atomic E-state index is -0.866. The Kier molecular flexibility index (Phi) is 32.5. The van der Waals surface area contributed by atoms with Crippen molar-refractivity contribution in [3.63, 3.8) is 0 Å². The van der Waals surface area contributed by atoms with Crippen LogP contribution in [0.3, 0.4) is 0 Å². The number of rotatable bonds is 1. The fourth-order valence-electron chi connectivity index (χ4n) is 0. The van der Waals surface area contributed by atoms with E-state index >= 15 is 0 Å². The molecule has 1 unspecified atom stereocenters. The van der Waals surface area contributed by atoms with E-state index < -0.39 is 18.5 Å². The molecule has 0 spiro atoms. The predicted molar refractivity (Wildman–Crippen MR) is 52.5 cm³/mol. The number of methoxy groups -OCH3 is 1. The van der Waals surface area contributed by atoms with Crippen molar-refractivity contribution in [3.8, 4) is 0 Å². The molecule has 0 heterocycles. The Balaban J connectivity index is -0.0000000522. The zero-order valence-electron chi connectivity index (χ0n) is 9.94. The van der Waals surface area contributed by atoms with Gasteiger partial charge in [-0.2, -0.15) is 0 Å². The van der Waals surface area contributed by atoms with Crippen molar-refractivity contribution in [2.75, 3.05) is 7.11 Å². The van der Waals surface area contributed by atoms with Crippen LogP contribution < -0.4 is 15.3 Å². The summed E-state index contributed by atoms with van der Waals surface area (Å²) in [5.41, 5.74) is 0. The SMILES string of the molecule is CC(C)[O-].CC(C)[O-].COC(C)[O-].[Al+3]. The first-order valence-electron chi connectivity index (χ1n) is 4.24. The fourth-order valence-corrected chi connectivity index (χ4v) is 0. The van der Waals surface area contributed by atoms with Gasteiger partial charge in [0.05, 0.1) is 0 Å². The summed E-state index contributed by atoms with van der Waals surface area (Å²) in [6, 6.07) is 0. The molecule has 0 saturated carbocycles. The summed E-state index contributed by atoms with van der Waals surface area (Å²) in [4.78, 5) is 0. The molecule has 84 valence electrons. The molecular formula is C9H21AlO4. The van der Waals surface area contributed by atoms with Gasteiger partial charge in [0.15, 0.2) is 0 Å². The van der Waals surface area contributed by atoms with Crippen molar-refractivity contribution in [2.24, 2.45) is 0 Å². The molecule has 0 bridgehead atoms. The quantitative estimate of drug-likeness (QED) is 0.396. The molecule has 1 atom stereocenters. The Morgan fingerprint density at radius 2 is 0.857 bits per heavy atom. The first-order chi connectivity index (χ1) is 5.73. The van der Waals surface area contributed by atoms with Crippen LogP contribution >= 0.6 is 0 Å². The van der Waals surface area contributed by atoms with Crippen molar-refractivity contribution >= 4 is 17.4 Å². The molecule has 0 aliphatic carbocycles. The molecule has 5 heteroatoms.